The molecular weight excluding hydrogens is 268 g/mol. The molecular formula is C15H26N4O2. The standard InChI is InChI=1S/C15H26N4O2/c1-5-21-11-12-6-8-18(10-12)14(20)16-13-7-9-19(17-13)15(2,3)4/h7,9,12H,5-6,8,10-11H2,1-4H3,(H,16,17,20)/t12-/m1/s1. The summed E-state index contributed by atoms with van der Waals surface area (Å²) in [5, 5.41) is 7.26. The molecule has 1 saturated heterocycles. The van der Waals surface area contributed by atoms with Gasteiger partial charge in [0.05, 0.1) is 12.1 Å². The lowest BCUT2D eigenvalue weighted by Crippen LogP contribution is -2.33. The van der Waals surface area contributed by atoms with Gasteiger partial charge in [0.25, 0.3) is 0 Å². The van der Waals surface area contributed by atoms with E-state index in [4.69, 9.17) is 4.74 Å². The summed E-state index contributed by atoms with van der Waals surface area (Å²) in [4.78, 5) is 14.1. The summed E-state index contributed by atoms with van der Waals surface area (Å²) in [5.41, 5.74) is -0.0841. The Kier molecular flexibility index (Phi) is 4.88. The van der Waals surface area contributed by atoms with Gasteiger partial charge in [0.2, 0.25) is 0 Å². The third kappa shape index (κ3) is 4.20. The van der Waals surface area contributed by atoms with Crippen molar-refractivity contribution in [2.45, 2.75) is 39.7 Å². The minimum absolute atomic E-state index is 0.0758. The molecule has 2 rings (SSSR count). The third-order valence-electron chi connectivity index (χ3n) is 3.64. The first-order valence-electron chi connectivity index (χ1n) is 7.60. The molecule has 0 aromatic carbocycles. The van der Waals surface area contributed by atoms with Crippen molar-refractivity contribution in [1.29, 1.82) is 0 Å². The largest absolute Gasteiger partial charge is 0.381 e. The van der Waals surface area contributed by atoms with E-state index in [1.807, 2.05) is 28.8 Å². The molecule has 1 aromatic rings. The average molecular weight is 294 g/mol. The summed E-state index contributed by atoms with van der Waals surface area (Å²) in [6, 6.07) is 1.75. The van der Waals surface area contributed by atoms with Gasteiger partial charge >= 0.3 is 6.03 Å². The number of nitrogens with zero attached hydrogens (tertiary/aromatic N) is 3. The number of ether oxygens (including phenoxy) is 1. The van der Waals surface area contributed by atoms with E-state index in [1.54, 1.807) is 0 Å². The van der Waals surface area contributed by atoms with Gasteiger partial charge in [0, 0.05) is 37.9 Å². The molecule has 2 amide bonds. The highest BCUT2D eigenvalue weighted by molar-refractivity contribution is 5.88. The van der Waals surface area contributed by atoms with Crippen LogP contribution in [0.2, 0.25) is 0 Å². The number of carbonyl (C=O) groups excluding carboxylic acids is 1. The first-order chi connectivity index (χ1) is 9.90. The maximum atomic E-state index is 12.2. The molecule has 1 fully saturated rings. The fourth-order valence-electron chi connectivity index (χ4n) is 2.39. The minimum atomic E-state index is -0.0841. The Morgan fingerprint density at radius 1 is 1.52 bits per heavy atom. The van der Waals surface area contributed by atoms with Crippen molar-refractivity contribution in [3.05, 3.63) is 12.3 Å². The molecule has 1 atom stereocenters. The van der Waals surface area contributed by atoms with Crippen molar-refractivity contribution in [2.75, 3.05) is 31.6 Å². The van der Waals surface area contributed by atoms with E-state index < -0.39 is 0 Å². The number of urea groups is 1. The molecule has 2 heterocycles. The lowest BCUT2D eigenvalue weighted by molar-refractivity contribution is 0.113. The summed E-state index contributed by atoms with van der Waals surface area (Å²) < 4.78 is 7.28. The number of carbonyl (C=O) groups is 1. The molecule has 118 valence electrons. The van der Waals surface area contributed by atoms with Crippen LogP contribution in [0.4, 0.5) is 10.6 Å². The van der Waals surface area contributed by atoms with Crippen molar-refractivity contribution in [3.8, 4) is 0 Å². The molecule has 1 N–H and O–H groups in total. The fraction of sp³-hybridized carbons (Fsp3) is 0.733. The topological polar surface area (TPSA) is 59.4 Å². The predicted molar refractivity (Wildman–Crippen MR) is 82.4 cm³/mol. The first kappa shape index (κ1) is 15.8. The Hall–Kier alpha value is -1.56. The van der Waals surface area contributed by atoms with Gasteiger partial charge in [-0.1, -0.05) is 0 Å². The van der Waals surface area contributed by atoms with Crippen LogP contribution in [-0.2, 0) is 10.3 Å². The van der Waals surface area contributed by atoms with Crippen LogP contribution in [0.25, 0.3) is 0 Å². The van der Waals surface area contributed by atoms with Crippen LogP contribution < -0.4 is 5.32 Å². The molecule has 0 unspecified atom stereocenters. The third-order valence-corrected chi connectivity index (χ3v) is 3.64. The van der Waals surface area contributed by atoms with Crippen LogP contribution in [0, 0.1) is 5.92 Å². The zero-order chi connectivity index (χ0) is 15.5. The summed E-state index contributed by atoms with van der Waals surface area (Å²) in [6.45, 7) is 11.2. The normalized spacial score (nSPS) is 19.0. The second kappa shape index (κ2) is 6.47. The number of hydrogen-bond donors (Lipinski definition) is 1. The second-order valence-electron chi connectivity index (χ2n) is 6.51. The highest BCUT2D eigenvalue weighted by atomic mass is 16.5. The van der Waals surface area contributed by atoms with Gasteiger partial charge in [0.1, 0.15) is 0 Å². The Morgan fingerprint density at radius 2 is 2.29 bits per heavy atom. The van der Waals surface area contributed by atoms with Crippen molar-refractivity contribution in [1.82, 2.24) is 14.7 Å². The molecule has 0 radical (unpaired) electrons. The van der Waals surface area contributed by atoms with Crippen molar-refractivity contribution in [2.24, 2.45) is 5.92 Å². The molecule has 6 heteroatoms. The highest BCUT2D eigenvalue weighted by Gasteiger charge is 2.26. The maximum Gasteiger partial charge on any atom is 0.323 e. The summed E-state index contributed by atoms with van der Waals surface area (Å²) in [5.74, 6) is 1.05. The zero-order valence-corrected chi connectivity index (χ0v) is 13.4. The number of nitrogens with one attached hydrogen (secondary N) is 1. The molecule has 1 aliphatic heterocycles. The van der Waals surface area contributed by atoms with Crippen molar-refractivity contribution < 1.29 is 9.53 Å². The number of rotatable bonds is 4. The smallest absolute Gasteiger partial charge is 0.323 e. The Bertz CT molecular complexity index is 478. The van der Waals surface area contributed by atoms with E-state index in [9.17, 15) is 4.79 Å². The van der Waals surface area contributed by atoms with Crippen LogP contribution in [-0.4, -0.2) is 47.0 Å². The van der Waals surface area contributed by atoms with Crippen LogP contribution in [0.1, 0.15) is 34.1 Å². The molecule has 0 aliphatic carbocycles. The number of aromatic nitrogens is 2. The van der Waals surface area contributed by atoms with E-state index in [-0.39, 0.29) is 11.6 Å². The van der Waals surface area contributed by atoms with E-state index in [0.717, 1.165) is 32.7 Å². The monoisotopic (exact) mass is 294 g/mol. The fourth-order valence-corrected chi connectivity index (χ4v) is 2.39. The van der Waals surface area contributed by atoms with E-state index in [1.165, 1.54) is 0 Å². The van der Waals surface area contributed by atoms with Gasteiger partial charge in [-0.05, 0) is 34.1 Å². The van der Waals surface area contributed by atoms with E-state index in [2.05, 4.69) is 31.2 Å². The molecule has 1 aromatic heterocycles. The Morgan fingerprint density at radius 3 is 2.90 bits per heavy atom. The number of amides is 2. The van der Waals surface area contributed by atoms with Crippen molar-refractivity contribution in [3.63, 3.8) is 0 Å². The number of hydrogen-bond acceptors (Lipinski definition) is 3. The second-order valence-corrected chi connectivity index (χ2v) is 6.51. The first-order valence-corrected chi connectivity index (χ1v) is 7.60. The van der Waals surface area contributed by atoms with Gasteiger partial charge in [-0.25, -0.2) is 4.79 Å². The summed E-state index contributed by atoms with van der Waals surface area (Å²) in [6.07, 6.45) is 2.89. The highest BCUT2D eigenvalue weighted by Crippen LogP contribution is 2.19. The molecule has 0 saturated carbocycles. The van der Waals surface area contributed by atoms with Crippen LogP contribution in [0.5, 0.6) is 0 Å². The molecule has 21 heavy (non-hydrogen) atoms. The van der Waals surface area contributed by atoms with E-state index >= 15 is 0 Å². The SMILES string of the molecule is CCOC[C@@H]1CCN(C(=O)Nc2ccn(C(C)(C)C)n2)C1. The van der Waals surface area contributed by atoms with Crippen LogP contribution >= 0.6 is 0 Å². The van der Waals surface area contributed by atoms with E-state index in [0.29, 0.717) is 11.7 Å². The quantitative estimate of drug-likeness (QED) is 0.928. The molecule has 0 bridgehead atoms. The molecule has 0 spiro atoms. The van der Waals surface area contributed by atoms with Gasteiger partial charge in [-0.3, -0.25) is 10.00 Å². The molecule has 6 nitrogen and oxygen atoms in total. The van der Waals surface area contributed by atoms with Gasteiger partial charge in [0.15, 0.2) is 5.82 Å². The van der Waals surface area contributed by atoms with Gasteiger partial charge < -0.3 is 9.64 Å². The number of likely N-dealkylation sites (tertiary alicyclic amines) is 1. The zero-order valence-electron chi connectivity index (χ0n) is 13.4. The minimum Gasteiger partial charge on any atom is -0.381 e. The maximum absolute atomic E-state index is 12.2. The summed E-state index contributed by atoms with van der Waals surface area (Å²) in [7, 11) is 0. The lowest BCUT2D eigenvalue weighted by atomic mass is 10.1. The average Bonchev–Trinajstić information content (AvgIpc) is 3.04. The van der Waals surface area contributed by atoms with Crippen LogP contribution in [0.3, 0.4) is 0 Å². The predicted octanol–water partition coefficient (Wildman–Crippen LogP) is 2.53. The van der Waals surface area contributed by atoms with Gasteiger partial charge in [-0.2, -0.15) is 5.10 Å². The molecule has 1 aliphatic rings. The van der Waals surface area contributed by atoms with Crippen molar-refractivity contribution >= 4 is 11.8 Å². The number of anilines is 1. The Balaban J connectivity index is 1.86. The lowest BCUT2D eigenvalue weighted by Gasteiger charge is -2.19. The van der Waals surface area contributed by atoms with Crippen LogP contribution in [0.15, 0.2) is 12.3 Å². The Labute approximate surface area is 126 Å². The van der Waals surface area contributed by atoms with Gasteiger partial charge in [-0.15, -0.1) is 0 Å². The summed E-state index contributed by atoms with van der Waals surface area (Å²) >= 11 is 0.